The lowest BCUT2D eigenvalue weighted by Crippen LogP contribution is -2.58. The number of aryl methyl sites for hydroxylation is 1. The van der Waals surface area contributed by atoms with Crippen molar-refractivity contribution in [3.63, 3.8) is 0 Å². The van der Waals surface area contributed by atoms with E-state index in [-0.39, 0.29) is 39.3 Å². The molecule has 0 spiro atoms. The van der Waals surface area contributed by atoms with Gasteiger partial charge in [-0.25, -0.2) is 4.99 Å². The summed E-state index contributed by atoms with van der Waals surface area (Å²) in [5, 5.41) is 4.78. The first-order chi connectivity index (χ1) is 23.8. The number of para-hydroxylation sites is 2. The highest BCUT2D eigenvalue weighted by atomic mass is 32.1. The molecule has 2 aliphatic heterocycles. The van der Waals surface area contributed by atoms with E-state index < -0.39 is 5.60 Å². The SMILES string of the molecule is CC(=O)O[C@]1(C(C)=O)CC[C@H]2[C@@H]3C=C(C)C4=CC(=O)CC[C@]4(C)[C@H]3CC[C@@]21C.Cc1cc2c(s1)Nc1ccccc1N=C2N1CCN(C)CC1.O.O. The average molecular weight is 733 g/mol. The third kappa shape index (κ3) is 6.48. The number of carbonyl (C=O) groups is 3. The van der Waals surface area contributed by atoms with Gasteiger partial charge in [0.1, 0.15) is 10.8 Å². The van der Waals surface area contributed by atoms with Gasteiger partial charge in [0.2, 0.25) is 0 Å². The van der Waals surface area contributed by atoms with Crippen LogP contribution in [-0.4, -0.2) is 83.0 Å². The van der Waals surface area contributed by atoms with Gasteiger partial charge in [0.15, 0.2) is 17.2 Å². The Kier molecular flexibility index (Phi) is 11.1. The molecule has 10 nitrogen and oxygen atoms in total. The van der Waals surface area contributed by atoms with E-state index in [9.17, 15) is 14.4 Å². The monoisotopic (exact) mass is 732 g/mol. The zero-order valence-corrected chi connectivity index (χ0v) is 32.5. The van der Waals surface area contributed by atoms with Crippen LogP contribution < -0.4 is 5.32 Å². The number of piperazine rings is 1. The number of aliphatic imine (C=N–C) groups is 1. The molecule has 0 amide bonds. The summed E-state index contributed by atoms with van der Waals surface area (Å²) in [7, 11) is 2.18. The molecule has 11 heteroatoms. The maximum absolute atomic E-state index is 12.8. The Morgan fingerprint density at radius 1 is 0.981 bits per heavy atom. The Bertz CT molecular complexity index is 1820. The molecular formula is C41H56N4O6S. The van der Waals surface area contributed by atoms with E-state index in [1.54, 1.807) is 18.3 Å². The van der Waals surface area contributed by atoms with E-state index in [0.717, 1.165) is 69.1 Å². The second kappa shape index (κ2) is 14.6. The number of nitrogens with zero attached hydrogens (tertiary/aromatic N) is 3. The van der Waals surface area contributed by atoms with Crippen molar-refractivity contribution in [1.29, 1.82) is 0 Å². The van der Waals surface area contributed by atoms with Crippen molar-refractivity contribution in [2.75, 3.05) is 38.5 Å². The largest absolute Gasteiger partial charge is 0.451 e. The quantitative estimate of drug-likeness (QED) is 0.352. The summed E-state index contributed by atoms with van der Waals surface area (Å²) in [6.45, 7) is 16.0. The van der Waals surface area contributed by atoms with E-state index in [1.165, 1.54) is 33.5 Å². The number of Topliss-reactive ketones (excluding diaryl/α,β-unsaturated/α-hetero) is 1. The number of benzene rings is 1. The highest BCUT2D eigenvalue weighted by molar-refractivity contribution is 7.16. The third-order valence-electron chi connectivity index (χ3n) is 13.1. The molecule has 2 aromatic rings. The van der Waals surface area contributed by atoms with Gasteiger partial charge in [0.05, 0.1) is 16.9 Å². The van der Waals surface area contributed by atoms with Crippen molar-refractivity contribution in [2.24, 2.45) is 33.6 Å². The van der Waals surface area contributed by atoms with Crippen LogP contribution in [0.15, 0.2) is 58.6 Å². The number of rotatable bonds is 2. The minimum Gasteiger partial charge on any atom is -0.451 e. The minimum absolute atomic E-state index is 0. The second-order valence-corrected chi connectivity index (χ2v) is 17.3. The molecule has 0 bridgehead atoms. The van der Waals surface area contributed by atoms with Gasteiger partial charge in [-0.3, -0.25) is 14.4 Å². The molecular weight excluding hydrogens is 677 g/mol. The summed E-state index contributed by atoms with van der Waals surface area (Å²) in [4.78, 5) is 47.9. The molecule has 2 saturated carbocycles. The summed E-state index contributed by atoms with van der Waals surface area (Å²) in [5.41, 5.74) is 4.51. The number of likely N-dealkylation sites (N-methyl/N-ethyl adjacent to an activating group) is 1. The van der Waals surface area contributed by atoms with Crippen LogP contribution in [-0.2, 0) is 19.1 Å². The first-order valence-corrected chi connectivity index (χ1v) is 19.2. The molecule has 1 saturated heterocycles. The number of thiophene rings is 1. The Balaban J connectivity index is 0.000000198. The van der Waals surface area contributed by atoms with Crippen LogP contribution in [0.1, 0.15) is 83.6 Å². The number of amidine groups is 1. The van der Waals surface area contributed by atoms with Gasteiger partial charge < -0.3 is 30.8 Å². The molecule has 1 aromatic heterocycles. The van der Waals surface area contributed by atoms with Gasteiger partial charge in [0.25, 0.3) is 0 Å². The number of esters is 1. The van der Waals surface area contributed by atoms with E-state index in [2.05, 4.69) is 86.3 Å². The molecule has 1 aromatic carbocycles. The van der Waals surface area contributed by atoms with E-state index >= 15 is 0 Å². The summed E-state index contributed by atoms with van der Waals surface area (Å²) in [6.07, 6.45) is 9.20. The van der Waals surface area contributed by atoms with Gasteiger partial charge in [-0.2, -0.15) is 0 Å². The van der Waals surface area contributed by atoms with E-state index in [1.807, 2.05) is 6.08 Å². The first kappa shape index (κ1) is 39.6. The van der Waals surface area contributed by atoms with Crippen LogP contribution in [0.4, 0.5) is 16.4 Å². The van der Waals surface area contributed by atoms with Crippen molar-refractivity contribution in [2.45, 2.75) is 85.7 Å². The van der Waals surface area contributed by atoms with Gasteiger partial charge in [0, 0.05) is 49.8 Å². The number of fused-ring (bicyclic) bond motifs is 7. The lowest BCUT2D eigenvalue weighted by atomic mass is 9.47. The predicted molar refractivity (Wildman–Crippen MR) is 208 cm³/mol. The van der Waals surface area contributed by atoms with Crippen LogP contribution in [0.2, 0.25) is 0 Å². The molecule has 282 valence electrons. The van der Waals surface area contributed by atoms with E-state index in [4.69, 9.17) is 9.73 Å². The van der Waals surface area contributed by atoms with Gasteiger partial charge in [-0.05, 0) is 113 Å². The Labute approximate surface area is 312 Å². The molecule has 0 unspecified atom stereocenters. The third-order valence-corrected chi connectivity index (χ3v) is 14.1. The number of hydrogen-bond acceptors (Lipinski definition) is 9. The topological polar surface area (TPSA) is 154 Å². The fourth-order valence-electron chi connectivity index (χ4n) is 10.5. The first-order valence-electron chi connectivity index (χ1n) is 18.4. The fraction of sp³-hybridized carbons (Fsp3) is 0.561. The molecule has 6 atom stereocenters. The molecule has 3 fully saturated rings. The van der Waals surface area contributed by atoms with Crippen molar-refractivity contribution in [3.05, 3.63) is 64.1 Å². The van der Waals surface area contributed by atoms with Crippen LogP contribution in [0.3, 0.4) is 0 Å². The zero-order chi connectivity index (χ0) is 35.6. The van der Waals surface area contributed by atoms with E-state index in [0.29, 0.717) is 30.6 Å². The highest BCUT2D eigenvalue weighted by Gasteiger charge is 2.67. The minimum atomic E-state index is -0.990. The van der Waals surface area contributed by atoms with Crippen LogP contribution >= 0.6 is 11.3 Å². The molecule has 4 aliphatic carbocycles. The number of carbonyl (C=O) groups excluding carboxylic acids is 3. The molecule has 6 aliphatic rings. The number of ether oxygens (including phenoxy) is 1. The zero-order valence-electron chi connectivity index (χ0n) is 31.7. The molecule has 5 N–H and O–H groups in total. The average Bonchev–Trinajstić information content (AvgIpc) is 3.53. The number of anilines is 2. The number of ketones is 2. The summed E-state index contributed by atoms with van der Waals surface area (Å²) < 4.78 is 5.82. The van der Waals surface area contributed by atoms with Gasteiger partial charge in [-0.1, -0.05) is 37.6 Å². The Morgan fingerprint density at radius 3 is 2.37 bits per heavy atom. The van der Waals surface area contributed by atoms with Gasteiger partial charge in [-0.15, -0.1) is 11.3 Å². The predicted octanol–water partition coefficient (Wildman–Crippen LogP) is 6.37. The highest BCUT2D eigenvalue weighted by Crippen LogP contribution is 2.67. The molecule has 52 heavy (non-hydrogen) atoms. The van der Waals surface area contributed by atoms with Crippen molar-refractivity contribution in [3.8, 4) is 0 Å². The lowest BCUT2D eigenvalue weighted by molar-refractivity contribution is -0.185. The number of nitrogens with one attached hydrogen (secondary N) is 1. The Hall–Kier alpha value is -3.64. The van der Waals surface area contributed by atoms with Crippen LogP contribution in [0, 0.1) is 35.5 Å². The van der Waals surface area contributed by atoms with Crippen LogP contribution in [0.25, 0.3) is 0 Å². The Morgan fingerprint density at radius 2 is 1.67 bits per heavy atom. The summed E-state index contributed by atoms with van der Waals surface area (Å²) >= 11 is 1.81. The van der Waals surface area contributed by atoms with Crippen molar-refractivity contribution in [1.82, 2.24) is 9.80 Å². The van der Waals surface area contributed by atoms with Crippen molar-refractivity contribution < 1.29 is 30.1 Å². The summed E-state index contributed by atoms with van der Waals surface area (Å²) in [6, 6.07) is 10.6. The molecule has 3 heterocycles. The maximum atomic E-state index is 12.8. The number of hydrogen-bond donors (Lipinski definition) is 1. The normalized spacial score (nSPS) is 31.7. The standard InChI is InChI=1S/C24H32O4.C17H20N4S.2H2O/c1-14-12-18-19(22(4)9-6-17(27)13-21(14)22)7-10-23(5)20(18)8-11-24(23,15(2)25)28-16(3)26;1-12-11-13-16(21-9-7-20(2)8-10-21)18-14-5-3-4-6-15(14)19-17(13)22-12;;/h12-13,18-20H,6-11H2,1-5H3;3-6,11,19H,7-10H2,1-2H3;2*1H2/t18-,19+,20+,22-,23+,24+;;;/m1.../s1. The summed E-state index contributed by atoms with van der Waals surface area (Å²) in [5.74, 6) is 2.14. The van der Waals surface area contributed by atoms with Crippen LogP contribution in [0.5, 0.6) is 0 Å². The molecule has 8 rings (SSSR count). The number of allylic oxidation sites excluding steroid dienone is 4. The van der Waals surface area contributed by atoms with Crippen molar-refractivity contribution >= 4 is 51.1 Å². The lowest BCUT2D eigenvalue weighted by Gasteiger charge is -2.58. The molecule has 0 radical (unpaired) electrons. The van der Waals surface area contributed by atoms with Gasteiger partial charge >= 0.3 is 5.97 Å². The maximum Gasteiger partial charge on any atom is 0.303 e. The fourth-order valence-corrected chi connectivity index (χ4v) is 11.4. The second-order valence-electron chi connectivity index (χ2n) is 16.0. The smallest absolute Gasteiger partial charge is 0.303 e.